The number of aromatic nitrogens is 1. The highest BCUT2D eigenvalue weighted by molar-refractivity contribution is 7.18. The molecule has 0 bridgehead atoms. The van der Waals surface area contributed by atoms with Gasteiger partial charge in [-0.05, 0) is 56.9 Å². The molecule has 142 valence electrons. The summed E-state index contributed by atoms with van der Waals surface area (Å²) in [5.41, 5.74) is 2.79. The molecule has 3 aromatic rings. The first-order chi connectivity index (χ1) is 13.0. The smallest absolute Gasteiger partial charge is 0.319 e. The molecule has 0 radical (unpaired) electrons. The molecule has 0 aliphatic heterocycles. The monoisotopic (exact) mass is 384 g/mol. The third-order valence-electron chi connectivity index (χ3n) is 4.31. The Hall–Kier alpha value is -2.64. The lowest BCUT2D eigenvalue weighted by Gasteiger charge is -2.25. The molecule has 27 heavy (non-hydrogen) atoms. The Morgan fingerprint density at radius 2 is 2.07 bits per heavy atom. The van der Waals surface area contributed by atoms with E-state index < -0.39 is 0 Å². The molecule has 6 nitrogen and oxygen atoms in total. The summed E-state index contributed by atoms with van der Waals surface area (Å²) in [6.45, 7) is 2.46. The van der Waals surface area contributed by atoms with Gasteiger partial charge in [-0.1, -0.05) is 12.1 Å². The highest BCUT2D eigenvalue weighted by Crippen LogP contribution is 2.25. The molecule has 0 saturated carbocycles. The van der Waals surface area contributed by atoms with Gasteiger partial charge in [0.2, 0.25) is 0 Å². The van der Waals surface area contributed by atoms with Crippen molar-refractivity contribution in [1.82, 2.24) is 15.2 Å². The van der Waals surface area contributed by atoms with Crippen LogP contribution in [-0.4, -0.2) is 43.7 Å². The number of benzene rings is 2. The SMILES string of the molecule is COc1cccc(C(CNC(=O)Nc2ccc3nc(C)sc3c2)N(C)C)c1. The Bertz CT molecular complexity index is 939. The number of nitrogens with one attached hydrogen (secondary N) is 2. The summed E-state index contributed by atoms with van der Waals surface area (Å²) >= 11 is 1.61. The Labute approximate surface area is 163 Å². The predicted molar refractivity (Wildman–Crippen MR) is 111 cm³/mol. The first kappa shape index (κ1) is 19.1. The number of anilines is 1. The lowest BCUT2D eigenvalue weighted by molar-refractivity contribution is 0.243. The summed E-state index contributed by atoms with van der Waals surface area (Å²) in [5, 5.41) is 6.87. The second-order valence-electron chi connectivity index (χ2n) is 6.51. The number of carbonyl (C=O) groups is 1. The van der Waals surface area contributed by atoms with Gasteiger partial charge in [0.1, 0.15) is 5.75 Å². The fourth-order valence-corrected chi connectivity index (χ4v) is 3.80. The molecule has 0 aliphatic carbocycles. The maximum Gasteiger partial charge on any atom is 0.319 e. The van der Waals surface area contributed by atoms with Crippen LogP contribution >= 0.6 is 11.3 Å². The van der Waals surface area contributed by atoms with Gasteiger partial charge in [-0.15, -0.1) is 11.3 Å². The van der Waals surface area contributed by atoms with Crippen molar-refractivity contribution in [3.63, 3.8) is 0 Å². The van der Waals surface area contributed by atoms with Gasteiger partial charge < -0.3 is 20.3 Å². The molecule has 7 heteroatoms. The van der Waals surface area contributed by atoms with Gasteiger partial charge >= 0.3 is 6.03 Å². The second-order valence-corrected chi connectivity index (χ2v) is 7.74. The topological polar surface area (TPSA) is 66.5 Å². The quantitative estimate of drug-likeness (QED) is 0.673. The number of carbonyl (C=O) groups excluding carboxylic acids is 1. The minimum atomic E-state index is -0.231. The third kappa shape index (κ3) is 4.75. The van der Waals surface area contributed by atoms with Crippen LogP contribution in [0, 0.1) is 6.92 Å². The van der Waals surface area contributed by atoms with Gasteiger partial charge in [0.25, 0.3) is 0 Å². The van der Waals surface area contributed by atoms with Gasteiger partial charge in [-0.25, -0.2) is 9.78 Å². The van der Waals surface area contributed by atoms with Gasteiger partial charge in [-0.3, -0.25) is 0 Å². The average molecular weight is 385 g/mol. The van der Waals surface area contributed by atoms with E-state index in [0.29, 0.717) is 6.54 Å². The van der Waals surface area contributed by atoms with Crippen LogP contribution in [0.15, 0.2) is 42.5 Å². The van der Waals surface area contributed by atoms with Crippen molar-refractivity contribution in [1.29, 1.82) is 0 Å². The average Bonchev–Trinajstić information content (AvgIpc) is 3.01. The predicted octanol–water partition coefficient (Wildman–Crippen LogP) is 4.04. The van der Waals surface area contributed by atoms with Gasteiger partial charge in [0.05, 0.1) is 28.4 Å². The molecule has 0 aliphatic rings. The number of hydrogen-bond donors (Lipinski definition) is 2. The van der Waals surface area contributed by atoms with Gasteiger partial charge in [0.15, 0.2) is 0 Å². The van der Waals surface area contributed by atoms with Crippen LogP contribution in [0.4, 0.5) is 10.5 Å². The molecule has 3 rings (SSSR count). The third-order valence-corrected chi connectivity index (χ3v) is 5.24. The number of ether oxygens (including phenoxy) is 1. The maximum atomic E-state index is 12.4. The molecule has 1 atom stereocenters. The van der Waals surface area contributed by atoms with E-state index >= 15 is 0 Å². The number of likely N-dealkylation sites (N-methyl/N-ethyl adjacent to an activating group) is 1. The zero-order valence-corrected chi connectivity index (χ0v) is 16.8. The highest BCUT2D eigenvalue weighted by Gasteiger charge is 2.16. The summed E-state index contributed by atoms with van der Waals surface area (Å²) in [4.78, 5) is 18.9. The molecular weight excluding hydrogens is 360 g/mol. The van der Waals surface area contributed by atoms with E-state index in [1.165, 1.54) is 0 Å². The fraction of sp³-hybridized carbons (Fsp3) is 0.300. The summed E-state index contributed by atoms with van der Waals surface area (Å²) in [7, 11) is 5.63. The highest BCUT2D eigenvalue weighted by atomic mass is 32.1. The summed E-state index contributed by atoms with van der Waals surface area (Å²) in [6, 6.07) is 13.4. The minimum absolute atomic E-state index is 0.0393. The van der Waals surface area contributed by atoms with Crippen molar-refractivity contribution >= 4 is 33.3 Å². The van der Waals surface area contributed by atoms with Crippen LogP contribution in [0.5, 0.6) is 5.75 Å². The summed E-state index contributed by atoms with van der Waals surface area (Å²) in [6.07, 6.45) is 0. The lowest BCUT2D eigenvalue weighted by Crippen LogP contribution is -2.36. The van der Waals surface area contributed by atoms with Crippen LogP contribution in [0.3, 0.4) is 0 Å². The zero-order chi connectivity index (χ0) is 19.4. The van der Waals surface area contributed by atoms with Gasteiger partial charge in [0, 0.05) is 12.2 Å². The fourth-order valence-electron chi connectivity index (χ4n) is 2.93. The number of rotatable bonds is 6. The Balaban J connectivity index is 1.64. The Morgan fingerprint density at radius 3 is 2.81 bits per heavy atom. The normalized spacial score (nSPS) is 12.2. The molecule has 0 spiro atoms. The molecule has 0 saturated heterocycles. The minimum Gasteiger partial charge on any atom is -0.497 e. The molecule has 1 heterocycles. The lowest BCUT2D eigenvalue weighted by atomic mass is 10.1. The van der Waals surface area contributed by atoms with Gasteiger partial charge in [-0.2, -0.15) is 0 Å². The number of fused-ring (bicyclic) bond motifs is 1. The van der Waals surface area contributed by atoms with Crippen LogP contribution in [0.2, 0.25) is 0 Å². The molecule has 1 aromatic heterocycles. The molecule has 2 aromatic carbocycles. The Morgan fingerprint density at radius 1 is 1.26 bits per heavy atom. The second kappa shape index (κ2) is 8.37. The molecule has 2 N–H and O–H groups in total. The van der Waals surface area contributed by atoms with E-state index in [2.05, 4.69) is 20.5 Å². The van der Waals surface area contributed by atoms with Crippen LogP contribution in [0.1, 0.15) is 16.6 Å². The summed E-state index contributed by atoms with van der Waals surface area (Å²) in [5.74, 6) is 0.803. The van der Waals surface area contributed by atoms with Crippen LogP contribution < -0.4 is 15.4 Å². The molecule has 1 unspecified atom stereocenters. The standard InChI is InChI=1S/C20H24N4O2S/c1-13-22-17-9-8-15(11-19(17)27-13)23-20(25)21-12-18(24(2)3)14-6-5-7-16(10-14)26-4/h5-11,18H,12H2,1-4H3,(H2,21,23,25). The van der Waals surface area contributed by atoms with Crippen LogP contribution in [-0.2, 0) is 0 Å². The number of thiazole rings is 1. The molecular formula is C20H24N4O2S. The van der Waals surface area contributed by atoms with Crippen LogP contribution in [0.25, 0.3) is 10.2 Å². The first-order valence-corrected chi connectivity index (χ1v) is 9.50. The number of nitrogens with zero attached hydrogens (tertiary/aromatic N) is 2. The van der Waals surface area contributed by atoms with Crippen molar-refractivity contribution in [3.8, 4) is 5.75 Å². The summed E-state index contributed by atoms with van der Waals surface area (Å²) < 4.78 is 6.37. The van der Waals surface area contributed by atoms with E-state index in [4.69, 9.17) is 4.74 Å². The Kier molecular flexibility index (Phi) is 5.93. The van der Waals surface area contributed by atoms with Crippen molar-refractivity contribution in [2.75, 3.05) is 33.1 Å². The van der Waals surface area contributed by atoms with Crippen molar-refractivity contribution in [3.05, 3.63) is 53.0 Å². The number of aryl methyl sites for hydroxylation is 1. The van der Waals surface area contributed by atoms with E-state index in [-0.39, 0.29) is 12.1 Å². The number of urea groups is 1. The van der Waals surface area contributed by atoms with Crippen molar-refractivity contribution in [2.24, 2.45) is 0 Å². The number of amides is 2. The number of hydrogen-bond acceptors (Lipinski definition) is 5. The first-order valence-electron chi connectivity index (χ1n) is 8.68. The van der Waals surface area contributed by atoms with E-state index in [1.54, 1.807) is 18.4 Å². The van der Waals surface area contributed by atoms with E-state index in [1.807, 2.05) is 63.5 Å². The number of methoxy groups -OCH3 is 1. The van der Waals surface area contributed by atoms with E-state index in [9.17, 15) is 4.79 Å². The molecule has 0 fully saturated rings. The largest absolute Gasteiger partial charge is 0.497 e. The maximum absolute atomic E-state index is 12.4. The van der Waals surface area contributed by atoms with Crippen molar-refractivity contribution in [2.45, 2.75) is 13.0 Å². The van der Waals surface area contributed by atoms with E-state index in [0.717, 1.165) is 32.2 Å². The zero-order valence-electron chi connectivity index (χ0n) is 15.9. The molecule has 2 amide bonds. The van der Waals surface area contributed by atoms with Crippen molar-refractivity contribution < 1.29 is 9.53 Å².